The van der Waals surface area contributed by atoms with E-state index in [2.05, 4.69) is 47.6 Å². The summed E-state index contributed by atoms with van der Waals surface area (Å²) in [5, 5.41) is 159. The molecule has 4 heterocycles. The van der Waals surface area contributed by atoms with Gasteiger partial charge in [-0.2, -0.15) is 0 Å². The lowest BCUT2D eigenvalue weighted by molar-refractivity contribution is -0.380. The molecule has 0 radical (unpaired) electrons. The minimum atomic E-state index is -1.91. The zero-order valence-corrected chi connectivity index (χ0v) is 45.8. The number of aliphatic hydroxyl groups is 15. The van der Waals surface area contributed by atoms with E-state index in [0.717, 1.165) is 38.5 Å². The topological polar surface area (TPSA) is 377 Å². The molecule has 446 valence electrons. The predicted molar refractivity (Wildman–Crippen MR) is 266 cm³/mol. The molecular formula is C54H92O23. The number of rotatable bonds is 17. The van der Waals surface area contributed by atoms with Crippen LogP contribution >= 0.6 is 0 Å². The van der Waals surface area contributed by atoms with Gasteiger partial charge in [0.15, 0.2) is 25.2 Å². The van der Waals surface area contributed by atoms with Crippen LogP contribution in [-0.2, 0) is 37.9 Å². The van der Waals surface area contributed by atoms with Crippen LogP contribution in [0.2, 0.25) is 0 Å². The Labute approximate surface area is 450 Å². The highest BCUT2D eigenvalue weighted by Gasteiger charge is 2.68. The molecule has 0 aromatic rings. The highest BCUT2D eigenvalue weighted by atomic mass is 16.8. The third-order valence-electron chi connectivity index (χ3n) is 20.7. The fourth-order valence-electron chi connectivity index (χ4n) is 15.6. The maximum Gasteiger partial charge on any atom is 0.187 e. The fraction of sp³-hybridized carbons (Fsp3) is 0.963. The zero-order chi connectivity index (χ0) is 56.6. The minimum Gasteiger partial charge on any atom is -0.394 e. The molecule has 8 aliphatic rings. The Morgan fingerprint density at radius 1 is 0.571 bits per heavy atom. The van der Waals surface area contributed by atoms with Crippen molar-refractivity contribution in [3.05, 3.63) is 11.6 Å². The molecule has 0 bridgehead atoms. The smallest absolute Gasteiger partial charge is 0.187 e. The molecule has 4 aliphatic heterocycles. The molecule has 4 aliphatic carbocycles. The average Bonchev–Trinajstić information content (AvgIpc) is 3.69. The van der Waals surface area contributed by atoms with E-state index in [9.17, 15) is 76.6 Å². The standard InChI is InChI=1S/C54H92O23/c1-23(24-15-16-54(8)31-12-10-25-26(52(31,6)17-18-53(24,54)7)11-14-32(50(25,2)3)75-47-43(67)39(63)35(59)28(20-56)72-47)9-13-33(51(4,5)69)76-49-45(77-48-44(68)40(64)36(60)29(21-57)73-48)41(65)37(61)30(74-49)22-70-46-42(66)38(62)34(58)27(19-55)71-46/h10,23-24,26-49,55-69H,9,11-22H2,1-8H3/t23-,24-,26-,27-,28-,29-,30-,31?,32+,33-,34-,35-,36-,37-,38+,39?,40+,41+,42-,43?,44-,45-,46-,47+,48+,49+,52+,53-,54+/m1/s1. The molecule has 23 heteroatoms. The lowest BCUT2D eigenvalue weighted by Crippen LogP contribution is -2.65. The van der Waals surface area contributed by atoms with Gasteiger partial charge >= 0.3 is 0 Å². The van der Waals surface area contributed by atoms with Crippen LogP contribution in [0.5, 0.6) is 0 Å². The summed E-state index contributed by atoms with van der Waals surface area (Å²) in [4.78, 5) is 0. The SMILES string of the molecule is C[C@H](CC[C@@H](O[C@@H]1O[C@H](CO[C@@H]2O[C@H](CO)[C@@H](O)[C@H](O)[C@H]2O)[C@@H](O)[C@H](O)[C@H]1O[C@@H]1O[C@H](CO)[C@@H](O)[C@H](O)[C@H]1O)C(C)(C)O)[C@H]1CC[C@@]2(C)C3CC=C4[C@@H](CC[C@H](O[C@@H]5O[C@H](CO)[C@@H](O)C(O)C5O)C4(C)C)[C@]3(C)CC[C@]12C. The second kappa shape index (κ2) is 23.5. The van der Waals surface area contributed by atoms with Crippen molar-refractivity contribution in [2.24, 2.45) is 45.3 Å². The minimum absolute atomic E-state index is 0.0220. The van der Waals surface area contributed by atoms with Crippen LogP contribution in [-0.4, -0.2) is 244 Å². The normalized spacial score (nSPS) is 51.0. The van der Waals surface area contributed by atoms with Gasteiger partial charge in [-0.15, -0.1) is 0 Å². The van der Waals surface area contributed by atoms with E-state index in [0.29, 0.717) is 18.8 Å². The van der Waals surface area contributed by atoms with Crippen molar-refractivity contribution in [2.75, 3.05) is 26.4 Å². The number of fused-ring (bicyclic) bond motifs is 5. The largest absolute Gasteiger partial charge is 0.394 e. The van der Waals surface area contributed by atoms with E-state index in [4.69, 9.17) is 37.9 Å². The first-order chi connectivity index (χ1) is 36.0. The van der Waals surface area contributed by atoms with Gasteiger partial charge in [-0.25, -0.2) is 0 Å². The summed E-state index contributed by atoms with van der Waals surface area (Å²) in [6.07, 6.45) is -23.9. The summed E-state index contributed by atoms with van der Waals surface area (Å²) in [7, 11) is 0. The fourth-order valence-corrected chi connectivity index (χ4v) is 15.6. The maximum absolute atomic E-state index is 11.8. The lowest BCUT2D eigenvalue weighted by atomic mass is 9.39. The number of allylic oxidation sites excluding steroid dienone is 1. The van der Waals surface area contributed by atoms with Crippen molar-refractivity contribution >= 4 is 0 Å². The molecule has 0 aromatic carbocycles. The van der Waals surface area contributed by atoms with Gasteiger partial charge in [-0.05, 0) is 112 Å². The van der Waals surface area contributed by atoms with Gasteiger partial charge < -0.3 is 114 Å². The Bertz CT molecular complexity index is 1990. The molecule has 77 heavy (non-hydrogen) atoms. The molecule has 0 spiro atoms. The number of aliphatic hydroxyl groups excluding tert-OH is 14. The Hall–Kier alpha value is -1.18. The molecule has 23 nitrogen and oxygen atoms in total. The van der Waals surface area contributed by atoms with Crippen molar-refractivity contribution in [3.63, 3.8) is 0 Å². The predicted octanol–water partition coefficient (Wildman–Crippen LogP) is -2.20. The molecule has 0 aromatic heterocycles. The number of ether oxygens (including phenoxy) is 8. The van der Waals surface area contributed by atoms with Crippen LogP contribution in [0, 0.1) is 45.3 Å². The van der Waals surface area contributed by atoms with Gasteiger partial charge in [0.1, 0.15) is 97.7 Å². The molecule has 3 unspecified atom stereocenters. The van der Waals surface area contributed by atoms with E-state index in [1.54, 1.807) is 13.8 Å². The van der Waals surface area contributed by atoms with Gasteiger partial charge in [0.25, 0.3) is 0 Å². The second-order valence-electron chi connectivity index (χ2n) is 25.8. The summed E-state index contributed by atoms with van der Waals surface area (Å²) >= 11 is 0. The zero-order valence-electron chi connectivity index (χ0n) is 45.8. The summed E-state index contributed by atoms with van der Waals surface area (Å²) in [6, 6.07) is 0. The third-order valence-corrected chi connectivity index (χ3v) is 20.7. The Morgan fingerprint density at radius 2 is 1.08 bits per heavy atom. The van der Waals surface area contributed by atoms with Crippen LogP contribution in [0.3, 0.4) is 0 Å². The van der Waals surface area contributed by atoms with Gasteiger partial charge in [-0.1, -0.05) is 53.2 Å². The van der Waals surface area contributed by atoms with Crippen LogP contribution in [0.25, 0.3) is 0 Å². The molecule has 0 amide bonds. The van der Waals surface area contributed by atoms with Crippen molar-refractivity contribution in [1.29, 1.82) is 0 Å². The van der Waals surface area contributed by atoms with Gasteiger partial charge in [0, 0.05) is 5.41 Å². The van der Waals surface area contributed by atoms with Crippen molar-refractivity contribution in [1.82, 2.24) is 0 Å². The Balaban J connectivity index is 0.973. The van der Waals surface area contributed by atoms with E-state index < -0.39 is 166 Å². The molecule has 7 fully saturated rings. The van der Waals surface area contributed by atoms with E-state index in [1.807, 2.05) is 0 Å². The molecule has 29 atom stereocenters. The van der Waals surface area contributed by atoms with Crippen LogP contribution < -0.4 is 0 Å². The summed E-state index contributed by atoms with van der Waals surface area (Å²) < 4.78 is 47.9. The van der Waals surface area contributed by atoms with E-state index >= 15 is 0 Å². The molecule has 8 rings (SSSR count). The highest BCUT2D eigenvalue weighted by Crippen LogP contribution is 2.75. The Kier molecular flexibility index (Phi) is 18.9. The monoisotopic (exact) mass is 1110 g/mol. The molecule has 3 saturated carbocycles. The van der Waals surface area contributed by atoms with Crippen LogP contribution in [0.15, 0.2) is 11.6 Å². The molecule has 15 N–H and O–H groups in total. The maximum atomic E-state index is 11.8. The second-order valence-corrected chi connectivity index (χ2v) is 25.8. The van der Waals surface area contributed by atoms with Crippen LogP contribution in [0.4, 0.5) is 0 Å². The van der Waals surface area contributed by atoms with Crippen molar-refractivity contribution in [3.8, 4) is 0 Å². The quantitative estimate of drug-likeness (QED) is 0.0687. The van der Waals surface area contributed by atoms with Crippen molar-refractivity contribution in [2.45, 2.75) is 254 Å². The third kappa shape index (κ3) is 11.1. The first-order valence-corrected chi connectivity index (χ1v) is 27.9. The number of hydrogen-bond acceptors (Lipinski definition) is 23. The average molecular weight is 1110 g/mol. The first kappa shape index (κ1) is 61.9. The summed E-state index contributed by atoms with van der Waals surface area (Å²) in [6.45, 7) is 14.4. The van der Waals surface area contributed by atoms with E-state index in [1.165, 1.54) is 5.57 Å². The van der Waals surface area contributed by atoms with Gasteiger partial charge in [0.05, 0.1) is 44.2 Å². The summed E-state index contributed by atoms with van der Waals surface area (Å²) in [5.41, 5.74) is -0.793. The van der Waals surface area contributed by atoms with Crippen molar-refractivity contribution < 1.29 is 114 Å². The van der Waals surface area contributed by atoms with Crippen LogP contribution in [0.1, 0.15) is 113 Å². The first-order valence-electron chi connectivity index (χ1n) is 27.9. The molecular weight excluding hydrogens is 1020 g/mol. The Morgan fingerprint density at radius 3 is 1.62 bits per heavy atom. The van der Waals surface area contributed by atoms with Gasteiger partial charge in [-0.3, -0.25) is 0 Å². The molecule has 4 saturated heterocycles. The highest BCUT2D eigenvalue weighted by molar-refractivity contribution is 5.30. The number of hydrogen-bond donors (Lipinski definition) is 15. The summed E-state index contributed by atoms with van der Waals surface area (Å²) in [5.74, 6) is 1.07. The lowest BCUT2D eigenvalue weighted by Gasteiger charge is -2.66. The van der Waals surface area contributed by atoms with E-state index in [-0.39, 0.29) is 46.5 Å². The van der Waals surface area contributed by atoms with Gasteiger partial charge in [0.2, 0.25) is 0 Å².